The zero-order chi connectivity index (χ0) is 18.1. The van der Waals surface area contributed by atoms with Gasteiger partial charge in [-0.15, -0.1) is 24.0 Å². The van der Waals surface area contributed by atoms with Crippen LogP contribution < -0.4 is 10.6 Å². The third kappa shape index (κ3) is 8.08. The number of nitrogens with zero attached hydrogens (tertiary/aromatic N) is 1. The lowest BCUT2D eigenvalue weighted by Crippen LogP contribution is -2.45. The molecule has 1 heterocycles. The van der Waals surface area contributed by atoms with Gasteiger partial charge in [0.25, 0.3) is 0 Å². The Balaban J connectivity index is 0.00000338. The molecule has 8 heteroatoms. The van der Waals surface area contributed by atoms with Crippen LogP contribution in [0.2, 0.25) is 0 Å². The van der Waals surface area contributed by atoms with Gasteiger partial charge in [0.2, 0.25) is 0 Å². The van der Waals surface area contributed by atoms with Gasteiger partial charge in [-0.25, -0.2) is 4.99 Å². The predicted octanol–water partition coefficient (Wildman–Crippen LogP) is 4.13. The fourth-order valence-corrected chi connectivity index (χ4v) is 3.47. The predicted molar refractivity (Wildman–Crippen MR) is 113 cm³/mol. The average Bonchev–Trinajstić information content (AvgIpc) is 2.59. The number of thioether (sulfide) groups is 1. The summed E-state index contributed by atoms with van der Waals surface area (Å²) in [4.78, 5) is 4.38. The molecule has 1 aromatic rings. The molecule has 1 aliphatic rings. The Morgan fingerprint density at radius 3 is 2.85 bits per heavy atom. The van der Waals surface area contributed by atoms with Crippen LogP contribution in [-0.2, 0) is 6.18 Å². The van der Waals surface area contributed by atoms with Crippen LogP contribution in [0.5, 0.6) is 0 Å². The third-order valence-electron chi connectivity index (χ3n) is 3.58. The summed E-state index contributed by atoms with van der Waals surface area (Å²) < 4.78 is 38.0. The van der Waals surface area contributed by atoms with Gasteiger partial charge in [-0.3, -0.25) is 0 Å². The van der Waals surface area contributed by atoms with Gasteiger partial charge in [-0.05, 0) is 43.7 Å². The number of hydrogen-bond acceptors (Lipinski definition) is 2. The smallest absolute Gasteiger partial charge is 0.357 e. The van der Waals surface area contributed by atoms with Crippen molar-refractivity contribution in [2.24, 2.45) is 4.99 Å². The Hall–Kier alpha value is -1.08. The van der Waals surface area contributed by atoms with E-state index in [1.807, 2.05) is 18.7 Å². The zero-order valence-corrected chi connectivity index (χ0v) is 17.7. The SMILES string of the molecule is CCNC(=NCC#Cc1cccc(C(F)(F)F)c1)NC1CCCSC1.I. The van der Waals surface area contributed by atoms with Crippen LogP contribution in [0.4, 0.5) is 13.2 Å². The summed E-state index contributed by atoms with van der Waals surface area (Å²) in [6, 6.07) is 5.42. The summed E-state index contributed by atoms with van der Waals surface area (Å²) in [5, 5.41) is 6.56. The molecule has 0 aliphatic carbocycles. The molecule has 0 spiro atoms. The molecule has 26 heavy (non-hydrogen) atoms. The minimum atomic E-state index is -4.35. The molecule has 1 unspecified atom stereocenters. The number of hydrogen-bond donors (Lipinski definition) is 2. The zero-order valence-electron chi connectivity index (χ0n) is 14.5. The monoisotopic (exact) mass is 497 g/mol. The molecular weight excluding hydrogens is 474 g/mol. The Morgan fingerprint density at radius 2 is 2.19 bits per heavy atom. The summed E-state index contributed by atoms with van der Waals surface area (Å²) in [5.74, 6) is 8.52. The second-order valence-corrected chi connectivity index (χ2v) is 6.78. The maximum Gasteiger partial charge on any atom is 0.416 e. The first-order valence-electron chi connectivity index (χ1n) is 8.27. The van der Waals surface area contributed by atoms with Crippen LogP contribution in [0.25, 0.3) is 0 Å². The summed E-state index contributed by atoms with van der Waals surface area (Å²) >= 11 is 1.93. The second-order valence-electron chi connectivity index (χ2n) is 5.63. The number of benzene rings is 1. The van der Waals surface area contributed by atoms with Crippen molar-refractivity contribution in [2.45, 2.75) is 32.0 Å². The Kier molecular flexibility index (Phi) is 10.2. The van der Waals surface area contributed by atoms with E-state index in [0.717, 1.165) is 30.9 Å². The molecule has 0 aromatic heterocycles. The molecule has 1 aromatic carbocycles. The first-order valence-corrected chi connectivity index (χ1v) is 9.43. The van der Waals surface area contributed by atoms with Gasteiger partial charge < -0.3 is 10.6 Å². The Labute approximate surface area is 174 Å². The fraction of sp³-hybridized carbons (Fsp3) is 0.500. The topological polar surface area (TPSA) is 36.4 Å². The van der Waals surface area contributed by atoms with Crippen LogP contribution in [0.1, 0.15) is 30.9 Å². The van der Waals surface area contributed by atoms with E-state index in [4.69, 9.17) is 0 Å². The molecule has 1 fully saturated rings. The number of alkyl halides is 3. The van der Waals surface area contributed by atoms with E-state index in [9.17, 15) is 13.2 Å². The maximum atomic E-state index is 12.7. The number of halogens is 4. The molecule has 1 atom stereocenters. The number of aliphatic imine (C=N–C) groups is 1. The standard InChI is InChI=1S/C18H22F3N3S.HI/c1-2-22-17(24-16-9-5-11-25-13-16)23-10-4-7-14-6-3-8-15(12-14)18(19,20)21;/h3,6,8,12,16H,2,5,9-11,13H2,1H3,(H2,22,23,24);1H. The van der Waals surface area contributed by atoms with E-state index in [1.165, 1.54) is 18.2 Å². The molecule has 0 bridgehead atoms. The van der Waals surface area contributed by atoms with Crippen molar-refractivity contribution in [1.82, 2.24) is 10.6 Å². The van der Waals surface area contributed by atoms with E-state index >= 15 is 0 Å². The van der Waals surface area contributed by atoms with Gasteiger partial charge in [-0.1, -0.05) is 17.9 Å². The highest BCUT2D eigenvalue weighted by atomic mass is 127. The molecule has 0 saturated carbocycles. The van der Waals surface area contributed by atoms with Gasteiger partial charge in [0, 0.05) is 23.9 Å². The van der Waals surface area contributed by atoms with Crippen LogP contribution in [0.15, 0.2) is 29.3 Å². The molecule has 1 aliphatic heterocycles. The molecule has 1 saturated heterocycles. The molecule has 144 valence electrons. The van der Waals surface area contributed by atoms with Crippen molar-refractivity contribution in [3.8, 4) is 11.8 Å². The van der Waals surface area contributed by atoms with E-state index < -0.39 is 11.7 Å². The van der Waals surface area contributed by atoms with Gasteiger partial charge in [0.15, 0.2) is 5.96 Å². The van der Waals surface area contributed by atoms with Gasteiger partial charge in [0.05, 0.1) is 5.56 Å². The molecular formula is C18H23F3IN3S. The fourth-order valence-electron chi connectivity index (χ4n) is 2.40. The Bertz CT molecular complexity index is 647. The van der Waals surface area contributed by atoms with Gasteiger partial charge >= 0.3 is 6.18 Å². The highest BCUT2D eigenvalue weighted by molar-refractivity contribution is 14.0. The van der Waals surface area contributed by atoms with Gasteiger partial charge in [0.1, 0.15) is 6.54 Å². The van der Waals surface area contributed by atoms with Crippen molar-refractivity contribution >= 4 is 41.7 Å². The largest absolute Gasteiger partial charge is 0.416 e. The lowest BCUT2D eigenvalue weighted by atomic mass is 10.1. The van der Waals surface area contributed by atoms with Crippen LogP contribution >= 0.6 is 35.7 Å². The van der Waals surface area contributed by atoms with Crippen LogP contribution in [-0.4, -0.2) is 36.6 Å². The van der Waals surface area contributed by atoms with Crippen molar-refractivity contribution in [3.63, 3.8) is 0 Å². The average molecular weight is 497 g/mol. The van der Waals surface area contributed by atoms with Crippen molar-refractivity contribution in [1.29, 1.82) is 0 Å². The first-order chi connectivity index (χ1) is 12.0. The lowest BCUT2D eigenvalue weighted by Gasteiger charge is -2.24. The van der Waals surface area contributed by atoms with Crippen molar-refractivity contribution in [3.05, 3.63) is 35.4 Å². The quantitative estimate of drug-likeness (QED) is 0.286. The highest BCUT2D eigenvalue weighted by Gasteiger charge is 2.30. The molecule has 2 N–H and O–H groups in total. The summed E-state index contributed by atoms with van der Waals surface area (Å²) in [6.07, 6.45) is -2.04. The number of nitrogens with one attached hydrogen (secondary N) is 2. The molecule has 0 amide bonds. The minimum absolute atomic E-state index is 0. The Morgan fingerprint density at radius 1 is 1.38 bits per heavy atom. The highest BCUT2D eigenvalue weighted by Crippen LogP contribution is 2.29. The molecule has 2 rings (SSSR count). The van der Waals surface area contributed by atoms with Gasteiger partial charge in [-0.2, -0.15) is 24.9 Å². The number of guanidine groups is 1. The van der Waals surface area contributed by atoms with Crippen molar-refractivity contribution in [2.75, 3.05) is 24.6 Å². The lowest BCUT2D eigenvalue weighted by molar-refractivity contribution is -0.137. The minimum Gasteiger partial charge on any atom is -0.357 e. The third-order valence-corrected chi connectivity index (χ3v) is 4.80. The summed E-state index contributed by atoms with van der Waals surface area (Å²) in [5.41, 5.74) is -0.348. The van der Waals surface area contributed by atoms with E-state index in [-0.39, 0.29) is 30.5 Å². The normalized spacial score (nSPS) is 17.5. The molecule has 3 nitrogen and oxygen atoms in total. The van der Waals surface area contributed by atoms with E-state index in [0.29, 0.717) is 17.6 Å². The first kappa shape index (κ1) is 23.0. The summed E-state index contributed by atoms with van der Waals surface area (Å²) in [7, 11) is 0. The van der Waals surface area contributed by atoms with E-state index in [2.05, 4.69) is 27.5 Å². The summed E-state index contributed by atoms with van der Waals surface area (Å²) in [6.45, 7) is 2.96. The number of rotatable bonds is 3. The van der Waals surface area contributed by atoms with Crippen molar-refractivity contribution < 1.29 is 13.2 Å². The second kappa shape index (κ2) is 11.6. The maximum absolute atomic E-state index is 12.7. The molecule has 0 radical (unpaired) electrons. The van der Waals surface area contributed by atoms with Crippen LogP contribution in [0.3, 0.4) is 0 Å². The van der Waals surface area contributed by atoms with Crippen LogP contribution in [0, 0.1) is 11.8 Å². The van der Waals surface area contributed by atoms with E-state index in [1.54, 1.807) is 6.07 Å².